The molecule has 0 aliphatic heterocycles. The van der Waals surface area contributed by atoms with Crippen molar-refractivity contribution in [3.05, 3.63) is 64.2 Å². The zero-order valence-electron chi connectivity index (χ0n) is 17.6. The van der Waals surface area contributed by atoms with Crippen LogP contribution < -0.4 is 10.6 Å². The van der Waals surface area contributed by atoms with E-state index in [9.17, 15) is 14.4 Å². The summed E-state index contributed by atoms with van der Waals surface area (Å²) in [4.78, 5) is 37.1. The molecular formula is C23H28N2O4. The van der Waals surface area contributed by atoms with E-state index in [0.29, 0.717) is 29.3 Å². The van der Waals surface area contributed by atoms with Gasteiger partial charge in [0.25, 0.3) is 11.8 Å². The van der Waals surface area contributed by atoms with Gasteiger partial charge in [-0.25, -0.2) is 4.79 Å². The summed E-state index contributed by atoms with van der Waals surface area (Å²) in [6.07, 6.45) is 0. The molecule has 29 heavy (non-hydrogen) atoms. The number of para-hydroxylation sites is 1. The molecule has 0 atom stereocenters. The summed E-state index contributed by atoms with van der Waals surface area (Å²) in [5, 5.41) is 5.47. The number of nitrogens with one attached hydrogen (secondary N) is 2. The Labute approximate surface area is 171 Å². The van der Waals surface area contributed by atoms with Crippen molar-refractivity contribution in [2.24, 2.45) is 5.92 Å². The Balaban J connectivity index is 2.02. The zero-order valence-corrected chi connectivity index (χ0v) is 17.6. The summed E-state index contributed by atoms with van der Waals surface area (Å²) in [5.74, 6) is -1.01. The molecule has 0 fully saturated rings. The van der Waals surface area contributed by atoms with Gasteiger partial charge in [-0.2, -0.15) is 0 Å². The van der Waals surface area contributed by atoms with E-state index < -0.39 is 18.5 Å². The monoisotopic (exact) mass is 396 g/mol. The highest BCUT2D eigenvalue weighted by molar-refractivity contribution is 6.04. The highest BCUT2D eigenvalue weighted by Crippen LogP contribution is 2.18. The van der Waals surface area contributed by atoms with Crippen LogP contribution >= 0.6 is 0 Å². The molecule has 0 unspecified atom stereocenters. The Kier molecular flexibility index (Phi) is 7.53. The summed E-state index contributed by atoms with van der Waals surface area (Å²) in [6, 6.07) is 10.5. The van der Waals surface area contributed by atoms with Crippen LogP contribution in [0.5, 0.6) is 0 Å². The standard InChI is InChI=1S/C23H28N2O4/c1-14(2)12-24-22(27)18-8-6-7-9-19(18)25-20(26)13-29-23(28)21-16(4)10-15(3)11-17(21)5/h6-11,14H,12-13H2,1-5H3,(H,24,27)(H,25,26). The topological polar surface area (TPSA) is 84.5 Å². The van der Waals surface area contributed by atoms with Gasteiger partial charge in [0.2, 0.25) is 0 Å². The summed E-state index contributed by atoms with van der Waals surface area (Å²) >= 11 is 0. The predicted molar refractivity (Wildman–Crippen MR) is 113 cm³/mol. The zero-order chi connectivity index (χ0) is 21.6. The number of carbonyl (C=O) groups excluding carboxylic acids is 3. The second-order valence-corrected chi connectivity index (χ2v) is 7.55. The lowest BCUT2D eigenvalue weighted by Gasteiger charge is -2.13. The SMILES string of the molecule is Cc1cc(C)c(C(=O)OCC(=O)Nc2ccccc2C(=O)NCC(C)C)c(C)c1. The first-order chi connectivity index (χ1) is 13.7. The first-order valence-corrected chi connectivity index (χ1v) is 9.61. The minimum Gasteiger partial charge on any atom is -0.452 e. The quantitative estimate of drug-likeness (QED) is 0.698. The highest BCUT2D eigenvalue weighted by atomic mass is 16.5. The molecule has 0 saturated carbocycles. The van der Waals surface area contributed by atoms with E-state index >= 15 is 0 Å². The van der Waals surface area contributed by atoms with Crippen molar-refractivity contribution >= 4 is 23.5 Å². The largest absolute Gasteiger partial charge is 0.452 e. The van der Waals surface area contributed by atoms with Gasteiger partial charge in [0, 0.05) is 6.54 Å². The number of carbonyl (C=O) groups is 3. The van der Waals surface area contributed by atoms with Gasteiger partial charge < -0.3 is 15.4 Å². The molecule has 2 rings (SSSR count). The fourth-order valence-electron chi connectivity index (χ4n) is 3.07. The van der Waals surface area contributed by atoms with Crippen molar-refractivity contribution in [3.8, 4) is 0 Å². The van der Waals surface area contributed by atoms with E-state index in [1.165, 1.54) is 0 Å². The lowest BCUT2D eigenvalue weighted by Crippen LogP contribution is -2.29. The maximum atomic E-state index is 12.4. The van der Waals surface area contributed by atoms with Crippen molar-refractivity contribution in [1.82, 2.24) is 5.32 Å². The van der Waals surface area contributed by atoms with Crippen molar-refractivity contribution in [2.75, 3.05) is 18.5 Å². The molecule has 0 saturated heterocycles. The summed E-state index contributed by atoms with van der Waals surface area (Å²) in [7, 11) is 0. The molecule has 154 valence electrons. The Hall–Kier alpha value is -3.15. The third-order valence-corrected chi connectivity index (χ3v) is 4.33. The van der Waals surface area contributed by atoms with E-state index in [1.807, 2.05) is 46.8 Å². The maximum Gasteiger partial charge on any atom is 0.339 e. The molecule has 2 aromatic carbocycles. The Morgan fingerprint density at radius 2 is 1.62 bits per heavy atom. The lowest BCUT2D eigenvalue weighted by atomic mass is 10.00. The first kappa shape index (κ1) is 22.1. The molecule has 6 heteroatoms. The normalized spacial score (nSPS) is 10.6. The second-order valence-electron chi connectivity index (χ2n) is 7.55. The summed E-state index contributed by atoms with van der Waals surface area (Å²) in [6.45, 7) is 9.73. The van der Waals surface area contributed by atoms with Crippen LogP contribution in [0.15, 0.2) is 36.4 Å². The molecule has 0 spiro atoms. The molecule has 0 bridgehead atoms. The van der Waals surface area contributed by atoms with Crippen LogP contribution in [0.4, 0.5) is 5.69 Å². The highest BCUT2D eigenvalue weighted by Gasteiger charge is 2.17. The van der Waals surface area contributed by atoms with Gasteiger partial charge in [0.1, 0.15) is 0 Å². The molecule has 0 aliphatic rings. The molecule has 0 radical (unpaired) electrons. The molecule has 2 N–H and O–H groups in total. The number of anilines is 1. The van der Waals surface area contributed by atoms with Crippen LogP contribution in [-0.2, 0) is 9.53 Å². The van der Waals surface area contributed by atoms with E-state index in [4.69, 9.17) is 4.74 Å². The van der Waals surface area contributed by atoms with Crippen molar-refractivity contribution in [3.63, 3.8) is 0 Å². The minimum absolute atomic E-state index is 0.266. The maximum absolute atomic E-state index is 12.4. The number of amides is 2. The summed E-state index contributed by atoms with van der Waals surface area (Å²) < 4.78 is 5.19. The van der Waals surface area contributed by atoms with E-state index in [1.54, 1.807) is 24.3 Å². The van der Waals surface area contributed by atoms with Crippen LogP contribution in [0.3, 0.4) is 0 Å². The third kappa shape index (κ3) is 6.17. The van der Waals surface area contributed by atoms with Gasteiger partial charge >= 0.3 is 5.97 Å². The van der Waals surface area contributed by atoms with Crippen LogP contribution in [0.2, 0.25) is 0 Å². The molecule has 6 nitrogen and oxygen atoms in total. The van der Waals surface area contributed by atoms with Gasteiger partial charge in [0.15, 0.2) is 6.61 Å². The molecule has 2 aromatic rings. The van der Waals surface area contributed by atoms with Crippen molar-refractivity contribution in [1.29, 1.82) is 0 Å². The number of aryl methyl sites for hydroxylation is 3. The van der Waals surface area contributed by atoms with Crippen molar-refractivity contribution in [2.45, 2.75) is 34.6 Å². The second kappa shape index (κ2) is 9.87. The predicted octanol–water partition coefficient (Wildman–Crippen LogP) is 3.79. The third-order valence-electron chi connectivity index (χ3n) is 4.33. The molecule has 2 amide bonds. The first-order valence-electron chi connectivity index (χ1n) is 9.61. The molecule has 0 aliphatic carbocycles. The van der Waals surface area contributed by atoms with E-state index in [-0.39, 0.29) is 5.91 Å². The molecule has 0 heterocycles. The van der Waals surface area contributed by atoms with Crippen LogP contribution in [-0.4, -0.2) is 30.9 Å². The van der Waals surface area contributed by atoms with Gasteiger partial charge in [0.05, 0.1) is 16.8 Å². The van der Waals surface area contributed by atoms with E-state index in [0.717, 1.165) is 16.7 Å². The number of benzene rings is 2. The number of esters is 1. The molecule has 0 aromatic heterocycles. The van der Waals surface area contributed by atoms with Crippen molar-refractivity contribution < 1.29 is 19.1 Å². The van der Waals surface area contributed by atoms with Crippen LogP contribution in [0.25, 0.3) is 0 Å². The van der Waals surface area contributed by atoms with Crippen LogP contribution in [0, 0.1) is 26.7 Å². The average molecular weight is 396 g/mol. The van der Waals surface area contributed by atoms with E-state index in [2.05, 4.69) is 10.6 Å². The number of ether oxygens (including phenoxy) is 1. The lowest BCUT2D eigenvalue weighted by molar-refractivity contribution is -0.119. The number of rotatable bonds is 7. The van der Waals surface area contributed by atoms with Gasteiger partial charge in [-0.3, -0.25) is 9.59 Å². The Morgan fingerprint density at radius 1 is 1.00 bits per heavy atom. The number of hydrogen-bond donors (Lipinski definition) is 2. The minimum atomic E-state index is -0.543. The fraction of sp³-hybridized carbons (Fsp3) is 0.348. The number of hydrogen-bond acceptors (Lipinski definition) is 4. The Morgan fingerprint density at radius 3 is 2.24 bits per heavy atom. The Bertz CT molecular complexity index is 896. The van der Waals surface area contributed by atoms with Gasteiger partial charge in [-0.05, 0) is 49.9 Å². The smallest absolute Gasteiger partial charge is 0.339 e. The average Bonchev–Trinajstić information content (AvgIpc) is 2.64. The molecular weight excluding hydrogens is 368 g/mol. The van der Waals surface area contributed by atoms with Crippen LogP contribution in [0.1, 0.15) is 51.3 Å². The van der Waals surface area contributed by atoms with Gasteiger partial charge in [-0.15, -0.1) is 0 Å². The fourth-order valence-corrected chi connectivity index (χ4v) is 3.07. The van der Waals surface area contributed by atoms with Gasteiger partial charge in [-0.1, -0.05) is 43.7 Å². The summed E-state index contributed by atoms with van der Waals surface area (Å²) in [5.41, 5.74) is 3.87.